The van der Waals surface area contributed by atoms with Crippen molar-refractivity contribution in [2.24, 2.45) is 0 Å². The molecule has 0 saturated heterocycles. The highest BCUT2D eigenvalue weighted by molar-refractivity contribution is 5.99. The number of alkyl halides is 3. The smallest absolute Gasteiger partial charge is 0.416 e. The lowest BCUT2D eigenvalue weighted by molar-refractivity contribution is -0.138. The van der Waals surface area contributed by atoms with E-state index in [1.54, 1.807) is 0 Å². The summed E-state index contributed by atoms with van der Waals surface area (Å²) >= 11 is 0. The summed E-state index contributed by atoms with van der Waals surface area (Å²) in [5.74, 6) is -0.542. The van der Waals surface area contributed by atoms with Crippen molar-refractivity contribution in [3.8, 4) is 11.5 Å². The topological polar surface area (TPSA) is 101 Å². The molecule has 0 bridgehead atoms. The van der Waals surface area contributed by atoms with Gasteiger partial charge in [0, 0.05) is 23.6 Å². The van der Waals surface area contributed by atoms with Gasteiger partial charge >= 0.3 is 18.2 Å². The number of carbonyl (C=O) groups excluding carboxylic acids is 1. The fourth-order valence-electron chi connectivity index (χ4n) is 2.63. The predicted octanol–water partition coefficient (Wildman–Crippen LogP) is 5.54. The summed E-state index contributed by atoms with van der Waals surface area (Å²) < 4.78 is 44.5. The Morgan fingerprint density at radius 1 is 0.935 bits per heavy atom. The molecule has 0 radical (unpaired) electrons. The fraction of sp³-hybridized carbons (Fsp3) is 0.0952. The Kier molecular flexibility index (Phi) is 6.10. The number of hydrogen-bond acceptors (Lipinski definition) is 4. The van der Waals surface area contributed by atoms with Gasteiger partial charge in [-0.2, -0.15) is 13.2 Å². The molecule has 0 spiro atoms. The zero-order chi connectivity index (χ0) is 22.6. The number of aromatic carboxylic acids is 1. The third-order valence-electron chi connectivity index (χ3n) is 4.10. The van der Waals surface area contributed by atoms with Crippen LogP contribution in [0.2, 0.25) is 0 Å². The van der Waals surface area contributed by atoms with Crippen LogP contribution >= 0.6 is 0 Å². The van der Waals surface area contributed by atoms with Crippen LogP contribution in [0.1, 0.15) is 21.6 Å². The van der Waals surface area contributed by atoms with Gasteiger partial charge in [0.1, 0.15) is 11.5 Å². The van der Waals surface area contributed by atoms with Crippen LogP contribution in [0.15, 0.2) is 60.8 Å². The molecule has 3 N–H and O–H groups in total. The lowest BCUT2D eigenvalue weighted by Gasteiger charge is -2.13. The highest BCUT2D eigenvalue weighted by Gasteiger charge is 2.32. The second-order valence-corrected chi connectivity index (χ2v) is 6.41. The van der Waals surface area contributed by atoms with Crippen molar-refractivity contribution in [2.75, 3.05) is 10.6 Å². The van der Waals surface area contributed by atoms with Crippen molar-refractivity contribution < 1.29 is 32.6 Å². The molecule has 0 unspecified atom stereocenters. The van der Waals surface area contributed by atoms with Gasteiger partial charge in [0.05, 0.1) is 5.56 Å². The van der Waals surface area contributed by atoms with E-state index in [9.17, 15) is 22.8 Å². The number of carboxylic acids is 1. The van der Waals surface area contributed by atoms with E-state index in [1.165, 1.54) is 61.7 Å². The van der Waals surface area contributed by atoms with Gasteiger partial charge in [-0.15, -0.1) is 0 Å². The Balaban J connectivity index is 1.63. The summed E-state index contributed by atoms with van der Waals surface area (Å²) in [6, 6.07) is 11.7. The zero-order valence-electron chi connectivity index (χ0n) is 16.0. The van der Waals surface area contributed by atoms with Gasteiger partial charge in [-0.3, -0.25) is 0 Å². The first-order valence-corrected chi connectivity index (χ1v) is 8.85. The number of aromatic nitrogens is 1. The van der Waals surface area contributed by atoms with Crippen LogP contribution in [0.5, 0.6) is 11.5 Å². The Morgan fingerprint density at radius 2 is 1.58 bits per heavy atom. The average molecular weight is 431 g/mol. The standard InChI is InChI=1S/C21H16F3N3O4/c1-12-2-3-14(10-17(12)21(22,23)24)27-20(30)26-13-4-6-15(7-5-13)31-16-8-9-25-18(11-16)19(28)29/h2-11H,1H3,(H,28,29)(H2,26,27,30). The lowest BCUT2D eigenvalue weighted by Crippen LogP contribution is -2.20. The number of amides is 2. The number of carboxylic acid groups (broad SMARTS) is 1. The summed E-state index contributed by atoms with van der Waals surface area (Å²) in [5, 5.41) is 13.8. The van der Waals surface area contributed by atoms with E-state index in [1.807, 2.05) is 0 Å². The van der Waals surface area contributed by atoms with Gasteiger partial charge in [-0.05, 0) is 55.0 Å². The number of halogens is 3. The number of nitrogens with one attached hydrogen (secondary N) is 2. The highest BCUT2D eigenvalue weighted by atomic mass is 19.4. The van der Waals surface area contributed by atoms with Crippen molar-refractivity contribution in [2.45, 2.75) is 13.1 Å². The van der Waals surface area contributed by atoms with Crippen LogP contribution in [0.3, 0.4) is 0 Å². The van der Waals surface area contributed by atoms with Crippen molar-refractivity contribution in [3.05, 3.63) is 77.6 Å². The minimum Gasteiger partial charge on any atom is -0.477 e. The van der Waals surface area contributed by atoms with Crippen LogP contribution in [0.4, 0.5) is 29.3 Å². The fourth-order valence-corrected chi connectivity index (χ4v) is 2.63. The third-order valence-corrected chi connectivity index (χ3v) is 4.10. The minimum absolute atomic E-state index is 0.00213. The summed E-state index contributed by atoms with van der Waals surface area (Å²) in [7, 11) is 0. The van der Waals surface area contributed by atoms with Gasteiger partial charge in [0.15, 0.2) is 5.69 Å². The van der Waals surface area contributed by atoms with E-state index in [-0.39, 0.29) is 22.7 Å². The average Bonchev–Trinajstić information content (AvgIpc) is 2.70. The summed E-state index contributed by atoms with van der Waals surface area (Å²) in [6.07, 6.45) is -3.22. The van der Waals surface area contributed by atoms with Crippen LogP contribution in [-0.4, -0.2) is 22.1 Å². The zero-order valence-corrected chi connectivity index (χ0v) is 16.0. The number of aryl methyl sites for hydroxylation is 1. The molecule has 0 atom stereocenters. The molecule has 0 aliphatic heterocycles. The minimum atomic E-state index is -4.52. The van der Waals surface area contributed by atoms with Crippen molar-refractivity contribution in [3.63, 3.8) is 0 Å². The van der Waals surface area contributed by atoms with Crippen molar-refractivity contribution in [1.29, 1.82) is 0 Å². The normalized spacial score (nSPS) is 11.0. The van der Waals surface area contributed by atoms with Gasteiger partial charge in [0.2, 0.25) is 0 Å². The molecule has 0 fully saturated rings. The number of ether oxygens (including phenoxy) is 1. The first-order chi connectivity index (χ1) is 14.6. The van der Waals surface area contributed by atoms with Crippen molar-refractivity contribution in [1.82, 2.24) is 4.98 Å². The van der Waals surface area contributed by atoms with Gasteiger partial charge in [-0.1, -0.05) is 6.07 Å². The molecular weight excluding hydrogens is 415 g/mol. The second kappa shape index (κ2) is 8.74. The number of anilines is 2. The van der Waals surface area contributed by atoms with Crippen LogP contribution in [-0.2, 0) is 6.18 Å². The molecule has 3 aromatic rings. The number of rotatable bonds is 5. The number of carbonyl (C=O) groups is 2. The molecule has 0 saturated carbocycles. The number of urea groups is 1. The van der Waals surface area contributed by atoms with E-state index < -0.39 is 23.7 Å². The van der Waals surface area contributed by atoms with Gasteiger partial charge < -0.3 is 20.5 Å². The first-order valence-electron chi connectivity index (χ1n) is 8.85. The monoisotopic (exact) mass is 431 g/mol. The highest BCUT2D eigenvalue weighted by Crippen LogP contribution is 2.33. The van der Waals surface area contributed by atoms with E-state index in [0.29, 0.717) is 11.4 Å². The van der Waals surface area contributed by atoms with E-state index >= 15 is 0 Å². The molecule has 0 aliphatic carbocycles. The summed E-state index contributed by atoms with van der Waals surface area (Å²) in [5.41, 5.74) is -0.568. The maximum atomic E-state index is 13.0. The molecule has 1 aromatic heterocycles. The van der Waals surface area contributed by atoms with Gasteiger partial charge in [0.25, 0.3) is 0 Å². The molecule has 31 heavy (non-hydrogen) atoms. The Labute approximate surface area is 174 Å². The lowest BCUT2D eigenvalue weighted by atomic mass is 10.1. The quantitative estimate of drug-likeness (QED) is 0.492. The number of nitrogens with zero attached hydrogens (tertiary/aromatic N) is 1. The number of benzene rings is 2. The van der Waals surface area contributed by atoms with E-state index in [0.717, 1.165) is 6.07 Å². The van der Waals surface area contributed by atoms with E-state index in [2.05, 4.69) is 15.6 Å². The van der Waals surface area contributed by atoms with E-state index in [4.69, 9.17) is 9.84 Å². The third kappa shape index (κ3) is 5.72. The van der Waals surface area contributed by atoms with Gasteiger partial charge in [-0.25, -0.2) is 14.6 Å². The van der Waals surface area contributed by atoms with Crippen LogP contribution in [0.25, 0.3) is 0 Å². The molecule has 1 heterocycles. The van der Waals surface area contributed by atoms with Crippen LogP contribution < -0.4 is 15.4 Å². The Bertz CT molecular complexity index is 1120. The molecule has 160 valence electrons. The molecule has 7 nitrogen and oxygen atoms in total. The SMILES string of the molecule is Cc1ccc(NC(=O)Nc2ccc(Oc3ccnc(C(=O)O)c3)cc2)cc1C(F)(F)F. The molecule has 2 aromatic carbocycles. The molecular formula is C21H16F3N3O4. The Hall–Kier alpha value is -4.08. The summed E-state index contributed by atoms with van der Waals surface area (Å²) in [4.78, 5) is 26.7. The number of hydrogen-bond donors (Lipinski definition) is 3. The maximum absolute atomic E-state index is 13.0. The van der Waals surface area contributed by atoms with Crippen molar-refractivity contribution >= 4 is 23.4 Å². The molecule has 2 amide bonds. The van der Waals surface area contributed by atoms with Crippen LogP contribution in [0, 0.1) is 6.92 Å². The molecule has 3 rings (SSSR count). The largest absolute Gasteiger partial charge is 0.477 e. The predicted molar refractivity (Wildman–Crippen MR) is 107 cm³/mol. The maximum Gasteiger partial charge on any atom is 0.416 e. The summed E-state index contributed by atoms with van der Waals surface area (Å²) in [6.45, 7) is 1.34. The Morgan fingerprint density at radius 3 is 2.23 bits per heavy atom. The first kappa shape index (κ1) is 21.6. The second-order valence-electron chi connectivity index (χ2n) is 6.41. The molecule has 0 aliphatic rings. The number of pyridine rings is 1. The molecule has 10 heteroatoms.